The molecule has 0 aromatic heterocycles. The maximum absolute atomic E-state index is 6.14. The lowest BCUT2D eigenvalue weighted by atomic mass is 9.76. The molecule has 0 atom stereocenters. The van der Waals surface area contributed by atoms with Gasteiger partial charge in [-0.15, -0.1) is 0 Å². The van der Waals surface area contributed by atoms with Crippen molar-refractivity contribution < 1.29 is 4.74 Å². The van der Waals surface area contributed by atoms with E-state index in [0.717, 1.165) is 12.8 Å². The van der Waals surface area contributed by atoms with Crippen molar-refractivity contribution in [2.24, 2.45) is 11.1 Å². The first-order valence-corrected chi connectivity index (χ1v) is 7.43. The number of hydrogen-bond acceptors (Lipinski definition) is 2. The van der Waals surface area contributed by atoms with Crippen molar-refractivity contribution in [2.45, 2.75) is 45.6 Å². The minimum absolute atomic E-state index is 0.236. The van der Waals surface area contributed by atoms with Crippen LogP contribution in [0.1, 0.15) is 45.1 Å². The summed E-state index contributed by atoms with van der Waals surface area (Å²) in [6, 6.07) is 5.54. The molecule has 2 nitrogen and oxygen atoms in total. The van der Waals surface area contributed by atoms with Crippen LogP contribution >= 0.6 is 23.8 Å². The highest BCUT2D eigenvalue weighted by Crippen LogP contribution is 2.37. The first-order valence-electron chi connectivity index (χ1n) is 6.64. The Hall–Kier alpha value is -0.800. The van der Waals surface area contributed by atoms with Gasteiger partial charge in [0.05, 0.1) is 16.7 Å². The smallest absolute Gasteiger partial charge is 0.131 e. The van der Waals surface area contributed by atoms with E-state index in [9.17, 15) is 0 Å². The van der Waals surface area contributed by atoms with Gasteiger partial charge in [0, 0.05) is 0 Å². The molecule has 1 aromatic carbocycles. The Morgan fingerprint density at radius 1 is 1.37 bits per heavy atom. The van der Waals surface area contributed by atoms with Gasteiger partial charge in [0.2, 0.25) is 0 Å². The Bertz CT molecular complexity index is 477. The van der Waals surface area contributed by atoms with Gasteiger partial charge in [0.15, 0.2) is 0 Å². The van der Waals surface area contributed by atoms with Crippen molar-refractivity contribution in [2.75, 3.05) is 0 Å². The molecule has 0 amide bonds. The standard InChI is InChI=1S/C15H20ClNOS/c1-15(2)8-6-10(7-9-15)18-12-5-3-4-11(16)13(12)14(17)19/h3-5,10H,6-9H2,1-2H3,(H2,17,19). The van der Waals surface area contributed by atoms with Crippen LogP contribution < -0.4 is 10.5 Å². The minimum atomic E-state index is 0.236. The van der Waals surface area contributed by atoms with Crippen LogP contribution in [0.2, 0.25) is 5.02 Å². The van der Waals surface area contributed by atoms with Crippen molar-refractivity contribution in [1.82, 2.24) is 0 Å². The van der Waals surface area contributed by atoms with Gasteiger partial charge in [-0.2, -0.15) is 0 Å². The predicted molar refractivity (Wildman–Crippen MR) is 84.0 cm³/mol. The molecule has 4 heteroatoms. The van der Waals surface area contributed by atoms with Gasteiger partial charge in [0.25, 0.3) is 0 Å². The number of rotatable bonds is 3. The van der Waals surface area contributed by atoms with Gasteiger partial charge in [-0.1, -0.05) is 43.7 Å². The minimum Gasteiger partial charge on any atom is -0.490 e. The van der Waals surface area contributed by atoms with E-state index in [2.05, 4.69) is 13.8 Å². The lowest BCUT2D eigenvalue weighted by molar-refractivity contribution is 0.0986. The Labute approximate surface area is 125 Å². The number of nitrogens with two attached hydrogens (primary N) is 1. The monoisotopic (exact) mass is 297 g/mol. The van der Waals surface area contributed by atoms with Gasteiger partial charge >= 0.3 is 0 Å². The van der Waals surface area contributed by atoms with Crippen LogP contribution in [0.25, 0.3) is 0 Å². The zero-order valence-corrected chi connectivity index (χ0v) is 13.0. The molecule has 1 fully saturated rings. The quantitative estimate of drug-likeness (QED) is 0.844. The van der Waals surface area contributed by atoms with Crippen molar-refractivity contribution in [1.29, 1.82) is 0 Å². The number of benzene rings is 1. The normalized spacial score (nSPS) is 19.1. The Morgan fingerprint density at radius 3 is 2.58 bits per heavy atom. The predicted octanol–water partition coefficient (Wildman–Crippen LogP) is 4.32. The molecule has 19 heavy (non-hydrogen) atoms. The highest BCUT2D eigenvalue weighted by Gasteiger charge is 2.28. The summed E-state index contributed by atoms with van der Waals surface area (Å²) in [6.45, 7) is 4.62. The van der Waals surface area contributed by atoms with Gasteiger partial charge in [-0.25, -0.2) is 0 Å². The van der Waals surface area contributed by atoms with Crippen LogP contribution in [0.4, 0.5) is 0 Å². The molecule has 1 aromatic rings. The molecule has 0 aliphatic heterocycles. The highest BCUT2D eigenvalue weighted by atomic mass is 35.5. The average molecular weight is 298 g/mol. The fourth-order valence-electron chi connectivity index (χ4n) is 2.51. The van der Waals surface area contributed by atoms with Gasteiger partial charge < -0.3 is 10.5 Å². The topological polar surface area (TPSA) is 35.2 Å². The summed E-state index contributed by atoms with van der Waals surface area (Å²) in [4.78, 5) is 0.289. The van der Waals surface area contributed by atoms with E-state index in [-0.39, 0.29) is 11.1 Å². The zero-order valence-electron chi connectivity index (χ0n) is 11.4. The second-order valence-electron chi connectivity index (χ2n) is 5.96. The van der Waals surface area contributed by atoms with Gasteiger partial charge in [-0.3, -0.25) is 0 Å². The van der Waals surface area contributed by atoms with Crippen LogP contribution in [0.3, 0.4) is 0 Å². The Balaban J connectivity index is 2.12. The lowest BCUT2D eigenvalue weighted by Crippen LogP contribution is -2.29. The zero-order chi connectivity index (χ0) is 14.0. The molecule has 0 bridgehead atoms. The first kappa shape index (κ1) is 14.6. The second-order valence-corrected chi connectivity index (χ2v) is 6.81. The molecule has 0 radical (unpaired) electrons. The van der Waals surface area contributed by atoms with Gasteiger partial charge in [-0.05, 0) is 43.2 Å². The van der Waals surface area contributed by atoms with Crippen LogP contribution in [-0.2, 0) is 0 Å². The second kappa shape index (κ2) is 5.68. The van der Waals surface area contributed by atoms with E-state index < -0.39 is 0 Å². The van der Waals surface area contributed by atoms with Crippen molar-refractivity contribution in [3.63, 3.8) is 0 Å². The molecule has 0 heterocycles. The van der Waals surface area contributed by atoms with Crippen molar-refractivity contribution in [3.8, 4) is 5.75 Å². The largest absolute Gasteiger partial charge is 0.490 e. The first-order chi connectivity index (χ1) is 8.89. The molecule has 1 saturated carbocycles. The summed E-state index contributed by atoms with van der Waals surface area (Å²) >= 11 is 11.2. The van der Waals surface area contributed by atoms with E-state index >= 15 is 0 Å². The summed E-state index contributed by atoms with van der Waals surface area (Å²) in [5.41, 5.74) is 6.82. The van der Waals surface area contributed by atoms with E-state index in [0.29, 0.717) is 21.8 Å². The summed E-state index contributed by atoms with van der Waals surface area (Å²) < 4.78 is 6.07. The summed E-state index contributed by atoms with van der Waals surface area (Å²) in [5.74, 6) is 0.713. The Morgan fingerprint density at radius 2 is 2.00 bits per heavy atom. The van der Waals surface area contributed by atoms with Crippen molar-refractivity contribution in [3.05, 3.63) is 28.8 Å². The number of thiocarbonyl (C=S) groups is 1. The number of ether oxygens (including phenoxy) is 1. The SMILES string of the molecule is CC1(C)CCC(Oc2cccc(Cl)c2C(N)=S)CC1. The van der Waals surface area contributed by atoms with E-state index in [1.165, 1.54) is 12.8 Å². The molecule has 1 aliphatic carbocycles. The summed E-state index contributed by atoms with van der Waals surface area (Å²) in [7, 11) is 0. The third-order valence-electron chi connectivity index (χ3n) is 3.80. The third kappa shape index (κ3) is 3.61. The Kier molecular flexibility index (Phi) is 4.36. The maximum Gasteiger partial charge on any atom is 0.131 e. The van der Waals surface area contributed by atoms with E-state index in [1.807, 2.05) is 12.1 Å². The van der Waals surface area contributed by atoms with Crippen molar-refractivity contribution >= 4 is 28.8 Å². The summed E-state index contributed by atoms with van der Waals surface area (Å²) in [5, 5.41) is 0.557. The number of hydrogen-bond donors (Lipinski definition) is 1. The van der Waals surface area contributed by atoms with Crippen LogP contribution in [0, 0.1) is 5.41 Å². The molecular weight excluding hydrogens is 278 g/mol. The van der Waals surface area contributed by atoms with E-state index in [4.69, 9.17) is 34.3 Å². The summed E-state index contributed by atoms with van der Waals surface area (Å²) in [6.07, 6.45) is 4.73. The number of halogens is 1. The molecule has 2 N–H and O–H groups in total. The molecule has 0 saturated heterocycles. The lowest BCUT2D eigenvalue weighted by Gasteiger charge is -2.34. The highest BCUT2D eigenvalue weighted by molar-refractivity contribution is 7.80. The average Bonchev–Trinajstić information content (AvgIpc) is 2.31. The van der Waals surface area contributed by atoms with Gasteiger partial charge in [0.1, 0.15) is 10.7 Å². The van der Waals surface area contributed by atoms with E-state index in [1.54, 1.807) is 6.07 Å². The molecule has 2 rings (SSSR count). The molecular formula is C15H20ClNOS. The molecule has 104 valence electrons. The maximum atomic E-state index is 6.14. The van der Waals surface area contributed by atoms with Crippen LogP contribution in [0.5, 0.6) is 5.75 Å². The molecule has 0 unspecified atom stereocenters. The fourth-order valence-corrected chi connectivity index (χ4v) is 3.05. The fraction of sp³-hybridized carbons (Fsp3) is 0.533. The van der Waals surface area contributed by atoms with Crippen LogP contribution in [0.15, 0.2) is 18.2 Å². The molecule has 1 aliphatic rings. The third-order valence-corrected chi connectivity index (χ3v) is 4.32. The molecule has 0 spiro atoms. The van der Waals surface area contributed by atoms with Crippen LogP contribution in [-0.4, -0.2) is 11.1 Å².